The summed E-state index contributed by atoms with van der Waals surface area (Å²) in [6.07, 6.45) is 2.77. The number of fused-ring (bicyclic) bond motifs is 1. The molecule has 5 nitrogen and oxygen atoms in total. The van der Waals surface area contributed by atoms with Gasteiger partial charge in [0.15, 0.2) is 11.5 Å². The smallest absolute Gasteiger partial charge is 0.264 e. The maximum atomic E-state index is 12.0. The van der Waals surface area contributed by atoms with Crippen LogP contribution >= 0.6 is 0 Å². The van der Waals surface area contributed by atoms with E-state index in [0.717, 1.165) is 5.56 Å². The van der Waals surface area contributed by atoms with Crippen LogP contribution in [0.3, 0.4) is 0 Å². The molecule has 1 aromatic heterocycles. The van der Waals surface area contributed by atoms with E-state index < -0.39 is 6.10 Å². The summed E-state index contributed by atoms with van der Waals surface area (Å²) in [6, 6.07) is 11.0. The van der Waals surface area contributed by atoms with Gasteiger partial charge in [0.25, 0.3) is 5.91 Å². The third kappa shape index (κ3) is 2.71. The summed E-state index contributed by atoms with van der Waals surface area (Å²) < 4.78 is 11.1. The molecule has 2 heterocycles. The molecule has 1 aliphatic heterocycles. The first kappa shape index (κ1) is 12.5. The molecular weight excluding hydrogens is 256 g/mol. The minimum absolute atomic E-state index is 0.184. The van der Waals surface area contributed by atoms with Crippen molar-refractivity contribution >= 4 is 5.91 Å². The van der Waals surface area contributed by atoms with Crippen LogP contribution in [-0.4, -0.2) is 23.6 Å². The molecule has 0 radical (unpaired) electrons. The fourth-order valence-corrected chi connectivity index (χ4v) is 1.95. The molecule has 3 rings (SSSR count). The Morgan fingerprint density at radius 3 is 2.75 bits per heavy atom. The summed E-state index contributed by atoms with van der Waals surface area (Å²) in [5.41, 5.74) is 0.991. The number of nitrogens with one attached hydrogen (secondary N) is 1. The number of carbonyl (C=O) groups is 1. The summed E-state index contributed by atoms with van der Waals surface area (Å²) in [5.74, 6) is 1.09. The van der Waals surface area contributed by atoms with Gasteiger partial charge in [-0.1, -0.05) is 12.1 Å². The van der Waals surface area contributed by atoms with Gasteiger partial charge < -0.3 is 14.8 Å². The zero-order valence-corrected chi connectivity index (χ0v) is 10.8. The Morgan fingerprint density at radius 2 is 1.95 bits per heavy atom. The standard InChI is InChI=1S/C15H14N2O3/c18-15(17-9-11-5-7-16-8-6-11)14-10-19-12-3-1-2-4-13(12)20-14/h1-8,14H,9-10H2,(H,17,18)/t14-/m0/s1. The lowest BCUT2D eigenvalue weighted by molar-refractivity contribution is -0.130. The Morgan fingerprint density at radius 1 is 1.20 bits per heavy atom. The molecule has 1 aromatic carbocycles. The Hall–Kier alpha value is -2.56. The van der Waals surface area contributed by atoms with Gasteiger partial charge in [-0.3, -0.25) is 9.78 Å². The molecule has 0 bridgehead atoms. The third-order valence-corrected chi connectivity index (χ3v) is 3.02. The number of hydrogen-bond acceptors (Lipinski definition) is 4. The van der Waals surface area contributed by atoms with Crippen molar-refractivity contribution in [2.45, 2.75) is 12.6 Å². The molecule has 1 atom stereocenters. The van der Waals surface area contributed by atoms with E-state index >= 15 is 0 Å². The van der Waals surface area contributed by atoms with Crippen LogP contribution in [-0.2, 0) is 11.3 Å². The van der Waals surface area contributed by atoms with E-state index in [0.29, 0.717) is 18.0 Å². The van der Waals surface area contributed by atoms with E-state index in [1.54, 1.807) is 18.5 Å². The molecule has 0 aliphatic carbocycles. The van der Waals surface area contributed by atoms with Crippen molar-refractivity contribution in [3.63, 3.8) is 0 Å². The van der Waals surface area contributed by atoms with Gasteiger partial charge in [-0.2, -0.15) is 0 Å². The van der Waals surface area contributed by atoms with E-state index in [2.05, 4.69) is 10.3 Å². The van der Waals surface area contributed by atoms with Crippen LogP contribution in [0.5, 0.6) is 11.5 Å². The fourth-order valence-electron chi connectivity index (χ4n) is 1.95. The molecule has 5 heteroatoms. The first-order valence-corrected chi connectivity index (χ1v) is 6.38. The van der Waals surface area contributed by atoms with Gasteiger partial charge in [-0.05, 0) is 29.8 Å². The number of rotatable bonds is 3. The Balaban J connectivity index is 1.59. The maximum absolute atomic E-state index is 12.0. The van der Waals surface area contributed by atoms with Crippen molar-refractivity contribution in [2.75, 3.05) is 6.61 Å². The molecule has 0 saturated carbocycles. The lowest BCUT2D eigenvalue weighted by Crippen LogP contribution is -2.43. The molecule has 0 unspecified atom stereocenters. The van der Waals surface area contributed by atoms with Gasteiger partial charge in [-0.25, -0.2) is 0 Å². The van der Waals surface area contributed by atoms with Crippen LogP contribution in [0, 0.1) is 0 Å². The van der Waals surface area contributed by atoms with Gasteiger partial charge in [0.1, 0.15) is 6.61 Å². The number of hydrogen-bond donors (Lipinski definition) is 1. The van der Waals surface area contributed by atoms with Crippen molar-refractivity contribution in [1.82, 2.24) is 10.3 Å². The van der Waals surface area contributed by atoms with E-state index in [4.69, 9.17) is 9.47 Å². The average molecular weight is 270 g/mol. The molecule has 0 spiro atoms. The first-order valence-electron chi connectivity index (χ1n) is 6.38. The topological polar surface area (TPSA) is 60.5 Å². The average Bonchev–Trinajstić information content (AvgIpc) is 2.53. The highest BCUT2D eigenvalue weighted by molar-refractivity contribution is 5.81. The van der Waals surface area contributed by atoms with E-state index in [1.807, 2.05) is 30.3 Å². The molecule has 2 aromatic rings. The van der Waals surface area contributed by atoms with Crippen molar-refractivity contribution in [1.29, 1.82) is 0 Å². The van der Waals surface area contributed by atoms with Crippen molar-refractivity contribution < 1.29 is 14.3 Å². The Bertz CT molecular complexity index is 601. The molecule has 0 fully saturated rings. The molecule has 1 amide bonds. The van der Waals surface area contributed by atoms with Crippen LogP contribution in [0.25, 0.3) is 0 Å². The third-order valence-electron chi connectivity index (χ3n) is 3.02. The van der Waals surface area contributed by atoms with Gasteiger partial charge in [0.2, 0.25) is 6.10 Å². The van der Waals surface area contributed by atoms with Crippen LogP contribution in [0.15, 0.2) is 48.8 Å². The second kappa shape index (κ2) is 5.61. The monoisotopic (exact) mass is 270 g/mol. The normalized spacial score (nSPS) is 16.5. The molecular formula is C15H14N2O3. The zero-order valence-electron chi connectivity index (χ0n) is 10.8. The second-order valence-electron chi connectivity index (χ2n) is 4.44. The maximum Gasteiger partial charge on any atom is 0.264 e. The lowest BCUT2D eigenvalue weighted by Gasteiger charge is -2.25. The fraction of sp³-hybridized carbons (Fsp3) is 0.200. The molecule has 1 N–H and O–H groups in total. The molecule has 0 saturated heterocycles. The zero-order chi connectivity index (χ0) is 13.8. The quantitative estimate of drug-likeness (QED) is 0.919. The van der Waals surface area contributed by atoms with Gasteiger partial charge in [0.05, 0.1) is 0 Å². The second-order valence-corrected chi connectivity index (χ2v) is 4.44. The van der Waals surface area contributed by atoms with Crippen molar-refractivity contribution in [2.24, 2.45) is 0 Å². The number of ether oxygens (including phenoxy) is 2. The number of nitrogens with zero attached hydrogens (tertiary/aromatic N) is 1. The van der Waals surface area contributed by atoms with E-state index in [-0.39, 0.29) is 12.5 Å². The number of carbonyl (C=O) groups excluding carboxylic acids is 1. The van der Waals surface area contributed by atoms with Gasteiger partial charge >= 0.3 is 0 Å². The SMILES string of the molecule is O=C(NCc1ccncc1)[C@@H]1COc2ccccc2O1. The number of amides is 1. The van der Waals surface area contributed by atoms with Crippen molar-refractivity contribution in [3.05, 3.63) is 54.4 Å². The molecule has 102 valence electrons. The number of para-hydroxylation sites is 2. The van der Waals surface area contributed by atoms with Gasteiger partial charge in [-0.15, -0.1) is 0 Å². The van der Waals surface area contributed by atoms with Crippen LogP contribution < -0.4 is 14.8 Å². The number of aromatic nitrogens is 1. The predicted molar refractivity (Wildman–Crippen MR) is 72.4 cm³/mol. The van der Waals surface area contributed by atoms with Crippen LogP contribution in [0.4, 0.5) is 0 Å². The van der Waals surface area contributed by atoms with Crippen LogP contribution in [0.2, 0.25) is 0 Å². The largest absolute Gasteiger partial charge is 0.485 e. The lowest BCUT2D eigenvalue weighted by atomic mass is 10.2. The van der Waals surface area contributed by atoms with Gasteiger partial charge in [0, 0.05) is 18.9 Å². The summed E-state index contributed by atoms with van der Waals surface area (Å²) in [7, 11) is 0. The van der Waals surface area contributed by atoms with E-state index in [9.17, 15) is 4.79 Å². The van der Waals surface area contributed by atoms with Crippen molar-refractivity contribution in [3.8, 4) is 11.5 Å². The van der Waals surface area contributed by atoms with Crippen LogP contribution in [0.1, 0.15) is 5.56 Å². The molecule has 1 aliphatic rings. The van der Waals surface area contributed by atoms with E-state index in [1.165, 1.54) is 0 Å². The summed E-state index contributed by atoms with van der Waals surface area (Å²) in [5, 5.41) is 2.83. The summed E-state index contributed by atoms with van der Waals surface area (Å²) in [6.45, 7) is 0.669. The minimum atomic E-state index is -0.619. The number of benzene rings is 1. The highest BCUT2D eigenvalue weighted by atomic mass is 16.6. The Labute approximate surface area is 116 Å². The summed E-state index contributed by atoms with van der Waals surface area (Å²) >= 11 is 0. The predicted octanol–water partition coefficient (Wildman–Crippen LogP) is 1.54. The summed E-state index contributed by atoms with van der Waals surface area (Å²) in [4.78, 5) is 16.0. The number of pyridine rings is 1. The minimum Gasteiger partial charge on any atom is -0.485 e. The highest BCUT2D eigenvalue weighted by Crippen LogP contribution is 2.30. The molecule has 20 heavy (non-hydrogen) atoms. The highest BCUT2D eigenvalue weighted by Gasteiger charge is 2.26. The first-order chi connectivity index (χ1) is 9.83. The Kier molecular flexibility index (Phi) is 3.50.